The van der Waals surface area contributed by atoms with Gasteiger partial charge in [0.05, 0.1) is 16.1 Å². The topological polar surface area (TPSA) is 103 Å². The molecule has 1 aromatic heterocycles. The Hall–Kier alpha value is -3.69. The molecule has 0 atom stereocenters. The van der Waals surface area contributed by atoms with E-state index in [0.717, 1.165) is 0 Å². The number of para-hydroxylation sites is 1. The largest absolute Gasteiger partial charge is 0.452 e. The number of ether oxygens (including phenoxy) is 1. The van der Waals surface area contributed by atoms with Gasteiger partial charge in [0.15, 0.2) is 6.61 Å². The summed E-state index contributed by atoms with van der Waals surface area (Å²) in [5, 5.41) is 8.39. The van der Waals surface area contributed by atoms with Crippen LogP contribution in [0.5, 0.6) is 0 Å². The van der Waals surface area contributed by atoms with Crippen LogP contribution in [0.15, 0.2) is 88.2 Å². The van der Waals surface area contributed by atoms with Crippen LogP contribution in [0.25, 0.3) is 11.5 Å². The SMILES string of the molecule is CCN(c1ccccc1)S(=O)(=O)c1cccc(C(=O)OCc2nnc(-c3ccc(Cl)cc3)o2)c1. The summed E-state index contributed by atoms with van der Waals surface area (Å²) in [6, 6.07) is 21.3. The molecule has 0 saturated heterocycles. The van der Waals surface area contributed by atoms with Gasteiger partial charge in [-0.05, 0) is 61.5 Å². The molecule has 0 N–H and O–H groups in total. The van der Waals surface area contributed by atoms with Gasteiger partial charge in [-0.25, -0.2) is 13.2 Å². The van der Waals surface area contributed by atoms with Gasteiger partial charge in [0.25, 0.3) is 15.9 Å². The number of anilines is 1. The molecule has 0 unspecified atom stereocenters. The molecule has 0 aliphatic heterocycles. The normalized spacial score (nSPS) is 11.2. The van der Waals surface area contributed by atoms with Crippen molar-refractivity contribution in [3.05, 3.63) is 95.3 Å². The fourth-order valence-electron chi connectivity index (χ4n) is 3.23. The molecule has 0 amide bonds. The number of nitrogens with zero attached hydrogens (tertiary/aromatic N) is 3. The van der Waals surface area contributed by atoms with Gasteiger partial charge < -0.3 is 9.15 Å². The Bertz CT molecular complexity index is 1390. The molecule has 0 aliphatic rings. The summed E-state index contributed by atoms with van der Waals surface area (Å²) in [5.41, 5.74) is 1.29. The highest BCUT2D eigenvalue weighted by Gasteiger charge is 2.24. The minimum Gasteiger partial charge on any atom is -0.452 e. The van der Waals surface area contributed by atoms with Crippen LogP contribution in [0.1, 0.15) is 23.2 Å². The lowest BCUT2D eigenvalue weighted by Crippen LogP contribution is -2.30. The first kappa shape index (κ1) is 23.5. The molecule has 0 aliphatic carbocycles. The van der Waals surface area contributed by atoms with Gasteiger partial charge in [0.2, 0.25) is 5.89 Å². The van der Waals surface area contributed by atoms with E-state index in [0.29, 0.717) is 16.3 Å². The quantitative estimate of drug-likeness (QED) is 0.317. The summed E-state index contributed by atoms with van der Waals surface area (Å²) in [6.07, 6.45) is 0. The van der Waals surface area contributed by atoms with Crippen LogP contribution < -0.4 is 4.31 Å². The van der Waals surface area contributed by atoms with Crippen LogP contribution in [0, 0.1) is 0 Å². The van der Waals surface area contributed by atoms with E-state index in [4.69, 9.17) is 20.8 Å². The van der Waals surface area contributed by atoms with E-state index in [-0.39, 0.29) is 35.4 Å². The lowest BCUT2D eigenvalue weighted by molar-refractivity contribution is 0.0438. The van der Waals surface area contributed by atoms with Crippen LogP contribution in [0.3, 0.4) is 0 Å². The number of halogens is 1. The van der Waals surface area contributed by atoms with E-state index < -0.39 is 16.0 Å². The van der Waals surface area contributed by atoms with Gasteiger partial charge in [-0.3, -0.25) is 4.31 Å². The van der Waals surface area contributed by atoms with E-state index in [1.165, 1.54) is 28.6 Å². The van der Waals surface area contributed by atoms with Gasteiger partial charge in [0.1, 0.15) is 0 Å². The molecule has 4 aromatic rings. The van der Waals surface area contributed by atoms with E-state index in [1.807, 2.05) is 6.07 Å². The monoisotopic (exact) mass is 497 g/mol. The highest BCUT2D eigenvalue weighted by Crippen LogP contribution is 2.24. The Labute approximate surface area is 201 Å². The van der Waals surface area contributed by atoms with Gasteiger partial charge in [-0.15, -0.1) is 10.2 Å². The van der Waals surface area contributed by atoms with Crippen LogP contribution in [0.4, 0.5) is 5.69 Å². The standard InChI is InChI=1S/C24H20ClN3O5S/c1-2-28(20-8-4-3-5-9-20)34(30,31)21-10-6-7-18(15-21)24(29)32-16-22-26-27-23(33-22)17-11-13-19(25)14-12-17/h3-15H,2,16H2,1H3. The maximum Gasteiger partial charge on any atom is 0.338 e. The van der Waals surface area contributed by atoms with Gasteiger partial charge in [0, 0.05) is 17.1 Å². The zero-order chi connectivity index (χ0) is 24.1. The first-order chi connectivity index (χ1) is 16.4. The van der Waals surface area contributed by atoms with Crippen LogP contribution in [-0.2, 0) is 21.4 Å². The lowest BCUT2D eigenvalue weighted by atomic mass is 10.2. The molecular formula is C24H20ClN3O5S. The van der Waals surface area contributed by atoms with E-state index in [2.05, 4.69) is 10.2 Å². The Morgan fingerprint density at radius 3 is 2.44 bits per heavy atom. The smallest absolute Gasteiger partial charge is 0.338 e. The minimum atomic E-state index is -3.88. The number of hydrogen-bond acceptors (Lipinski definition) is 7. The number of hydrogen-bond donors (Lipinski definition) is 0. The van der Waals surface area contributed by atoms with Crippen molar-refractivity contribution in [3.8, 4) is 11.5 Å². The van der Waals surface area contributed by atoms with Crippen molar-refractivity contribution in [1.29, 1.82) is 0 Å². The second-order valence-corrected chi connectivity index (χ2v) is 9.42. The molecule has 174 valence electrons. The van der Waals surface area contributed by atoms with Crippen molar-refractivity contribution in [2.45, 2.75) is 18.4 Å². The Morgan fingerprint density at radius 2 is 1.74 bits per heavy atom. The highest BCUT2D eigenvalue weighted by molar-refractivity contribution is 7.92. The fraction of sp³-hybridized carbons (Fsp3) is 0.125. The highest BCUT2D eigenvalue weighted by atomic mass is 35.5. The number of esters is 1. The summed E-state index contributed by atoms with van der Waals surface area (Å²) in [6.45, 7) is 1.71. The number of carbonyl (C=O) groups is 1. The molecular weight excluding hydrogens is 478 g/mol. The predicted molar refractivity (Wildman–Crippen MR) is 127 cm³/mol. The summed E-state index contributed by atoms with van der Waals surface area (Å²) in [5.74, 6) is -0.356. The molecule has 0 bridgehead atoms. The summed E-state index contributed by atoms with van der Waals surface area (Å²) in [4.78, 5) is 12.6. The van der Waals surface area contributed by atoms with E-state index in [1.54, 1.807) is 55.5 Å². The lowest BCUT2D eigenvalue weighted by Gasteiger charge is -2.23. The molecule has 34 heavy (non-hydrogen) atoms. The van der Waals surface area contributed by atoms with Crippen molar-refractivity contribution in [1.82, 2.24) is 10.2 Å². The zero-order valence-electron chi connectivity index (χ0n) is 18.1. The predicted octanol–water partition coefficient (Wildman–Crippen LogP) is 4.96. The van der Waals surface area contributed by atoms with Crippen LogP contribution >= 0.6 is 11.6 Å². The molecule has 0 radical (unpaired) electrons. The summed E-state index contributed by atoms with van der Waals surface area (Å²) < 4.78 is 38.5. The molecule has 1 heterocycles. The first-order valence-electron chi connectivity index (χ1n) is 10.3. The number of sulfonamides is 1. The van der Waals surface area contributed by atoms with Crippen molar-refractivity contribution in [2.24, 2.45) is 0 Å². The van der Waals surface area contributed by atoms with Crippen molar-refractivity contribution >= 4 is 33.3 Å². The molecule has 0 spiro atoms. The third-order valence-electron chi connectivity index (χ3n) is 4.87. The van der Waals surface area contributed by atoms with Gasteiger partial charge >= 0.3 is 5.97 Å². The molecule has 0 fully saturated rings. The van der Waals surface area contributed by atoms with Gasteiger partial charge in [-0.1, -0.05) is 35.9 Å². The Balaban J connectivity index is 1.47. The summed E-state index contributed by atoms with van der Waals surface area (Å²) in [7, 11) is -3.88. The second kappa shape index (κ2) is 10.1. The number of benzene rings is 3. The fourth-order valence-corrected chi connectivity index (χ4v) is 4.87. The molecule has 4 rings (SSSR count). The number of carbonyl (C=O) groups excluding carboxylic acids is 1. The van der Waals surface area contributed by atoms with Crippen molar-refractivity contribution in [2.75, 3.05) is 10.8 Å². The first-order valence-corrected chi connectivity index (χ1v) is 12.1. The average Bonchev–Trinajstić information content (AvgIpc) is 3.33. The zero-order valence-corrected chi connectivity index (χ0v) is 19.7. The van der Waals surface area contributed by atoms with E-state index in [9.17, 15) is 13.2 Å². The van der Waals surface area contributed by atoms with Crippen molar-refractivity contribution < 1.29 is 22.4 Å². The van der Waals surface area contributed by atoms with Crippen molar-refractivity contribution in [3.63, 3.8) is 0 Å². The second-order valence-electron chi connectivity index (χ2n) is 7.12. The maximum absolute atomic E-state index is 13.2. The molecule has 8 nitrogen and oxygen atoms in total. The molecule has 10 heteroatoms. The minimum absolute atomic E-state index is 0.0181. The summed E-state index contributed by atoms with van der Waals surface area (Å²) >= 11 is 5.88. The molecule has 3 aromatic carbocycles. The van der Waals surface area contributed by atoms with E-state index >= 15 is 0 Å². The Morgan fingerprint density at radius 1 is 1.00 bits per heavy atom. The van der Waals surface area contributed by atoms with Gasteiger partial charge in [-0.2, -0.15) is 0 Å². The number of rotatable bonds is 8. The third-order valence-corrected chi connectivity index (χ3v) is 7.02. The molecule has 0 saturated carbocycles. The Kier molecular flexibility index (Phi) is 6.95. The third kappa shape index (κ3) is 5.11. The average molecular weight is 498 g/mol. The maximum atomic E-state index is 13.2. The number of aromatic nitrogens is 2. The van der Waals surface area contributed by atoms with Crippen LogP contribution in [-0.4, -0.2) is 31.1 Å². The van der Waals surface area contributed by atoms with Crippen LogP contribution in [0.2, 0.25) is 5.02 Å².